The molecule has 2 aromatic carbocycles. The van der Waals surface area contributed by atoms with E-state index in [0.29, 0.717) is 22.5 Å². The molecule has 0 saturated carbocycles. The smallest absolute Gasteiger partial charge is 0.339 e. The van der Waals surface area contributed by atoms with Crippen LogP contribution in [0.15, 0.2) is 47.0 Å². The highest BCUT2D eigenvalue weighted by Gasteiger charge is 2.22. The number of amides is 1. The van der Waals surface area contributed by atoms with Crippen molar-refractivity contribution in [3.05, 3.63) is 53.8 Å². The van der Waals surface area contributed by atoms with Crippen LogP contribution in [-0.2, 0) is 9.53 Å². The van der Waals surface area contributed by atoms with Crippen molar-refractivity contribution < 1.29 is 23.6 Å². The third kappa shape index (κ3) is 3.51. The van der Waals surface area contributed by atoms with Gasteiger partial charge >= 0.3 is 5.97 Å². The molecule has 1 N–H and O–H groups in total. The molecule has 3 rings (SSSR count). The number of esters is 1. The van der Waals surface area contributed by atoms with E-state index in [4.69, 9.17) is 14.0 Å². The van der Waals surface area contributed by atoms with Crippen molar-refractivity contribution in [1.82, 2.24) is 5.16 Å². The quantitative estimate of drug-likeness (QED) is 0.707. The molecular weight excluding hydrogens is 336 g/mol. The zero-order valence-electron chi connectivity index (χ0n) is 14.6. The van der Waals surface area contributed by atoms with Crippen LogP contribution in [-0.4, -0.2) is 30.2 Å². The molecule has 0 saturated heterocycles. The Labute approximate surface area is 149 Å². The largest absolute Gasteiger partial charge is 0.496 e. The lowest BCUT2D eigenvalue weighted by atomic mass is 10.0. The van der Waals surface area contributed by atoms with E-state index in [0.717, 1.165) is 5.39 Å². The number of aryl methyl sites for hydroxylation is 1. The lowest BCUT2D eigenvalue weighted by Crippen LogP contribution is -2.30. The van der Waals surface area contributed by atoms with Gasteiger partial charge in [0, 0.05) is 11.5 Å². The van der Waals surface area contributed by atoms with Crippen molar-refractivity contribution in [2.45, 2.75) is 20.0 Å². The van der Waals surface area contributed by atoms with Gasteiger partial charge in [0.15, 0.2) is 11.9 Å². The minimum Gasteiger partial charge on any atom is -0.496 e. The molecule has 134 valence electrons. The topological polar surface area (TPSA) is 90.7 Å². The van der Waals surface area contributed by atoms with Gasteiger partial charge in [0.25, 0.3) is 5.91 Å². The van der Waals surface area contributed by atoms with Crippen LogP contribution >= 0.6 is 0 Å². The first-order valence-electron chi connectivity index (χ1n) is 8.00. The first kappa shape index (κ1) is 17.5. The maximum absolute atomic E-state index is 12.6. The molecule has 0 bridgehead atoms. The van der Waals surface area contributed by atoms with Crippen LogP contribution in [0.4, 0.5) is 5.82 Å². The summed E-state index contributed by atoms with van der Waals surface area (Å²) in [5, 5.41) is 7.69. The number of hydrogen-bond acceptors (Lipinski definition) is 6. The number of aromatic nitrogens is 1. The summed E-state index contributed by atoms with van der Waals surface area (Å²) >= 11 is 0. The molecule has 0 unspecified atom stereocenters. The summed E-state index contributed by atoms with van der Waals surface area (Å²) in [7, 11) is 1.57. The summed E-state index contributed by atoms with van der Waals surface area (Å²) in [6.45, 7) is 3.20. The highest BCUT2D eigenvalue weighted by atomic mass is 16.5. The number of hydrogen-bond donors (Lipinski definition) is 1. The van der Waals surface area contributed by atoms with Gasteiger partial charge in [-0.2, -0.15) is 0 Å². The molecular formula is C19H18N2O5. The normalized spacial score (nSPS) is 11.8. The van der Waals surface area contributed by atoms with Crippen molar-refractivity contribution in [3.63, 3.8) is 0 Å². The molecule has 0 aliphatic carbocycles. The first-order valence-corrected chi connectivity index (χ1v) is 8.00. The lowest BCUT2D eigenvalue weighted by Gasteiger charge is -2.14. The van der Waals surface area contributed by atoms with Gasteiger partial charge in [-0.05, 0) is 31.4 Å². The van der Waals surface area contributed by atoms with Crippen molar-refractivity contribution >= 4 is 28.5 Å². The summed E-state index contributed by atoms with van der Waals surface area (Å²) in [6, 6.07) is 12.2. The van der Waals surface area contributed by atoms with Gasteiger partial charge in [0.2, 0.25) is 0 Å². The number of anilines is 1. The average Bonchev–Trinajstić information content (AvgIpc) is 3.05. The van der Waals surface area contributed by atoms with E-state index in [1.807, 2.05) is 18.2 Å². The average molecular weight is 354 g/mol. The van der Waals surface area contributed by atoms with Crippen molar-refractivity contribution in [2.75, 3.05) is 12.4 Å². The number of carbonyl (C=O) groups excluding carboxylic acids is 2. The molecule has 0 radical (unpaired) electrons. The predicted molar refractivity (Wildman–Crippen MR) is 95.2 cm³/mol. The van der Waals surface area contributed by atoms with E-state index in [1.54, 1.807) is 38.3 Å². The highest BCUT2D eigenvalue weighted by Crippen LogP contribution is 2.28. The SMILES string of the molecule is COc1ccc(C(=O)O[C@@H](C)C(=O)Nc2cc(C)on2)c2ccccc12. The van der Waals surface area contributed by atoms with Gasteiger partial charge in [0.1, 0.15) is 11.5 Å². The van der Waals surface area contributed by atoms with Crippen molar-refractivity contribution in [2.24, 2.45) is 0 Å². The third-order valence-corrected chi connectivity index (χ3v) is 3.86. The fraction of sp³-hybridized carbons (Fsp3) is 0.211. The molecule has 0 aliphatic heterocycles. The Hall–Kier alpha value is -3.35. The van der Waals surface area contributed by atoms with Crippen LogP contribution in [0, 0.1) is 6.92 Å². The van der Waals surface area contributed by atoms with Gasteiger partial charge < -0.3 is 19.3 Å². The van der Waals surface area contributed by atoms with Crippen LogP contribution in [0.3, 0.4) is 0 Å². The van der Waals surface area contributed by atoms with E-state index in [-0.39, 0.29) is 5.82 Å². The number of rotatable bonds is 5. The Morgan fingerprint density at radius 2 is 1.88 bits per heavy atom. The molecule has 7 heteroatoms. The maximum atomic E-state index is 12.6. The lowest BCUT2D eigenvalue weighted by molar-refractivity contribution is -0.123. The Kier molecular flexibility index (Phi) is 4.88. The predicted octanol–water partition coefficient (Wildman–Crippen LogP) is 3.33. The second-order valence-electron chi connectivity index (χ2n) is 5.72. The fourth-order valence-electron chi connectivity index (χ4n) is 2.56. The number of benzene rings is 2. The minimum atomic E-state index is -1.000. The summed E-state index contributed by atoms with van der Waals surface area (Å²) in [5.41, 5.74) is 0.360. The second kappa shape index (κ2) is 7.26. The Balaban J connectivity index is 1.77. The van der Waals surface area contributed by atoms with Crippen molar-refractivity contribution in [3.8, 4) is 5.75 Å². The van der Waals surface area contributed by atoms with Gasteiger partial charge in [-0.25, -0.2) is 4.79 Å². The number of nitrogens with one attached hydrogen (secondary N) is 1. The van der Waals surface area contributed by atoms with E-state index in [9.17, 15) is 9.59 Å². The number of carbonyl (C=O) groups is 2. The number of fused-ring (bicyclic) bond motifs is 1. The minimum absolute atomic E-state index is 0.269. The van der Waals surface area contributed by atoms with Crippen LogP contribution in [0.2, 0.25) is 0 Å². The van der Waals surface area contributed by atoms with Gasteiger partial charge in [-0.1, -0.05) is 29.4 Å². The number of ether oxygens (including phenoxy) is 2. The molecule has 26 heavy (non-hydrogen) atoms. The first-order chi connectivity index (χ1) is 12.5. The number of nitrogens with zero attached hydrogens (tertiary/aromatic N) is 1. The second-order valence-corrected chi connectivity index (χ2v) is 5.72. The van der Waals surface area contributed by atoms with Crippen LogP contribution in [0.5, 0.6) is 5.75 Å². The zero-order chi connectivity index (χ0) is 18.7. The molecule has 1 atom stereocenters. The summed E-state index contributed by atoms with van der Waals surface area (Å²) in [4.78, 5) is 24.7. The van der Waals surface area contributed by atoms with Crippen LogP contribution in [0.1, 0.15) is 23.0 Å². The molecule has 0 aliphatic rings. The van der Waals surface area contributed by atoms with Crippen LogP contribution < -0.4 is 10.1 Å². The Bertz CT molecular complexity index is 963. The Morgan fingerprint density at radius 3 is 2.54 bits per heavy atom. The van der Waals surface area contributed by atoms with Gasteiger partial charge in [0.05, 0.1) is 12.7 Å². The van der Waals surface area contributed by atoms with Gasteiger partial charge in [-0.15, -0.1) is 0 Å². The molecule has 3 aromatic rings. The van der Waals surface area contributed by atoms with Crippen molar-refractivity contribution in [1.29, 1.82) is 0 Å². The number of methoxy groups -OCH3 is 1. The summed E-state index contributed by atoms with van der Waals surface area (Å²) < 4.78 is 15.5. The molecule has 7 nitrogen and oxygen atoms in total. The summed E-state index contributed by atoms with van der Waals surface area (Å²) in [6.07, 6.45) is -1.000. The fourth-order valence-corrected chi connectivity index (χ4v) is 2.56. The molecule has 0 fully saturated rings. The maximum Gasteiger partial charge on any atom is 0.339 e. The molecule has 1 aromatic heterocycles. The standard InChI is InChI=1S/C19H18N2O5/c1-11-10-17(21-26-11)20-18(22)12(2)25-19(23)15-8-9-16(24-3)14-7-5-4-6-13(14)15/h4-10,12H,1-3H3,(H,20,21,22)/t12-/m0/s1. The van der Waals surface area contributed by atoms with Gasteiger partial charge in [-0.3, -0.25) is 4.79 Å². The van der Waals surface area contributed by atoms with E-state index in [2.05, 4.69) is 10.5 Å². The molecule has 1 heterocycles. The molecule has 1 amide bonds. The highest BCUT2D eigenvalue weighted by molar-refractivity contribution is 6.07. The third-order valence-electron chi connectivity index (χ3n) is 3.86. The van der Waals surface area contributed by atoms with E-state index >= 15 is 0 Å². The molecule has 0 spiro atoms. The monoisotopic (exact) mass is 354 g/mol. The summed E-state index contributed by atoms with van der Waals surface area (Å²) in [5.74, 6) is 0.400. The zero-order valence-corrected chi connectivity index (χ0v) is 14.6. The van der Waals surface area contributed by atoms with Crippen LogP contribution in [0.25, 0.3) is 10.8 Å². The van der Waals surface area contributed by atoms with E-state index in [1.165, 1.54) is 6.92 Å². The Morgan fingerprint density at radius 1 is 1.15 bits per heavy atom. The van der Waals surface area contributed by atoms with E-state index < -0.39 is 18.0 Å².